The van der Waals surface area contributed by atoms with Crippen molar-refractivity contribution in [1.29, 1.82) is 0 Å². The first-order valence-electron chi connectivity index (χ1n) is 9.29. The molecule has 1 heterocycles. The van der Waals surface area contributed by atoms with Crippen molar-refractivity contribution in [3.05, 3.63) is 69.4 Å². The molecule has 0 aliphatic carbocycles. The monoisotopic (exact) mass is 435 g/mol. The molecule has 11 heteroatoms. The van der Waals surface area contributed by atoms with Gasteiger partial charge in [0.05, 0.1) is 16.0 Å². The number of nitrogens with zero attached hydrogens (tertiary/aromatic N) is 4. The second-order valence-corrected chi connectivity index (χ2v) is 7.29. The van der Waals surface area contributed by atoms with E-state index in [-0.39, 0.29) is 29.9 Å². The molecule has 1 aromatic heterocycles. The second-order valence-electron chi connectivity index (χ2n) is 7.29. The van der Waals surface area contributed by atoms with Gasteiger partial charge in [0, 0.05) is 37.2 Å². The van der Waals surface area contributed by atoms with E-state index >= 15 is 0 Å². The van der Waals surface area contributed by atoms with Gasteiger partial charge in [-0.25, -0.2) is 0 Å². The fourth-order valence-electron chi connectivity index (χ4n) is 3.07. The zero-order valence-corrected chi connectivity index (χ0v) is 16.8. The number of carbonyl (C=O) groups is 1. The average molecular weight is 435 g/mol. The summed E-state index contributed by atoms with van der Waals surface area (Å²) in [6.45, 7) is 0.623. The Labute approximate surface area is 175 Å². The number of hydrogen-bond acceptors (Lipinski definition) is 5. The Bertz CT molecular complexity index is 1110. The molecule has 164 valence electrons. The van der Waals surface area contributed by atoms with Crippen molar-refractivity contribution in [3.8, 4) is 0 Å². The molecular formula is C20H20F3N5O3. The lowest BCUT2D eigenvalue weighted by atomic mass is 10.1. The molecule has 0 unspecified atom stereocenters. The first-order chi connectivity index (χ1) is 14.6. The third-order valence-electron chi connectivity index (χ3n) is 4.69. The number of halogens is 3. The number of nitrogens with one attached hydrogen (secondary N) is 1. The van der Waals surface area contributed by atoms with E-state index in [1.54, 1.807) is 14.1 Å². The lowest BCUT2D eigenvalue weighted by Crippen LogP contribution is -2.36. The largest absolute Gasteiger partial charge is 0.416 e. The fraction of sp³-hybridized carbons (Fsp3) is 0.300. The number of benzene rings is 2. The molecule has 0 atom stereocenters. The van der Waals surface area contributed by atoms with Gasteiger partial charge in [-0.2, -0.15) is 18.3 Å². The van der Waals surface area contributed by atoms with Crippen molar-refractivity contribution in [1.82, 2.24) is 20.0 Å². The van der Waals surface area contributed by atoms with Crippen LogP contribution < -0.4 is 0 Å². The van der Waals surface area contributed by atoms with Gasteiger partial charge in [-0.15, -0.1) is 0 Å². The number of nitro groups is 1. The highest BCUT2D eigenvalue weighted by molar-refractivity contribution is 6.05. The zero-order chi connectivity index (χ0) is 22.8. The van der Waals surface area contributed by atoms with Crippen molar-refractivity contribution in [2.75, 3.05) is 27.2 Å². The molecule has 2 aromatic carbocycles. The SMILES string of the molecule is CN(C)CCN(Cc1cccc(C(F)(F)F)c1)C(=O)c1n[nH]c2ccc([N+](=O)[O-])cc12. The number of rotatable bonds is 7. The van der Waals surface area contributed by atoms with Crippen molar-refractivity contribution < 1.29 is 22.9 Å². The molecule has 0 saturated heterocycles. The van der Waals surface area contributed by atoms with Crippen LogP contribution >= 0.6 is 0 Å². The summed E-state index contributed by atoms with van der Waals surface area (Å²) in [4.78, 5) is 27.0. The van der Waals surface area contributed by atoms with Gasteiger partial charge in [0.1, 0.15) is 0 Å². The Kier molecular flexibility index (Phi) is 6.25. The van der Waals surface area contributed by atoms with E-state index in [1.165, 1.54) is 35.2 Å². The van der Waals surface area contributed by atoms with Crippen LogP contribution in [0.2, 0.25) is 0 Å². The van der Waals surface area contributed by atoms with Gasteiger partial charge in [0.15, 0.2) is 5.69 Å². The first-order valence-corrected chi connectivity index (χ1v) is 9.29. The second kappa shape index (κ2) is 8.72. The molecule has 0 saturated carbocycles. The quantitative estimate of drug-likeness (QED) is 0.451. The summed E-state index contributed by atoms with van der Waals surface area (Å²) < 4.78 is 39.2. The third-order valence-corrected chi connectivity index (χ3v) is 4.69. The van der Waals surface area contributed by atoms with Gasteiger partial charge in [-0.1, -0.05) is 12.1 Å². The summed E-state index contributed by atoms with van der Waals surface area (Å²) in [5, 5.41) is 18.0. The molecule has 31 heavy (non-hydrogen) atoms. The number of hydrogen-bond donors (Lipinski definition) is 1. The predicted octanol–water partition coefficient (Wildman–Crippen LogP) is 3.69. The fourth-order valence-corrected chi connectivity index (χ4v) is 3.07. The minimum absolute atomic E-state index is 0.0237. The third kappa shape index (κ3) is 5.18. The van der Waals surface area contributed by atoms with Crippen LogP contribution in [-0.4, -0.2) is 58.0 Å². The summed E-state index contributed by atoms with van der Waals surface area (Å²) in [6, 6.07) is 8.77. The Morgan fingerprint density at radius 3 is 2.55 bits per heavy atom. The molecule has 1 amide bonds. The van der Waals surface area contributed by atoms with E-state index in [1.807, 2.05) is 4.90 Å². The molecule has 8 nitrogen and oxygen atoms in total. The van der Waals surface area contributed by atoms with Gasteiger partial charge < -0.3 is 9.80 Å². The van der Waals surface area contributed by atoms with E-state index in [4.69, 9.17) is 0 Å². The summed E-state index contributed by atoms with van der Waals surface area (Å²) in [7, 11) is 3.61. The Hall–Kier alpha value is -3.47. The Morgan fingerprint density at radius 1 is 1.16 bits per heavy atom. The van der Waals surface area contributed by atoms with E-state index < -0.39 is 22.6 Å². The van der Waals surface area contributed by atoms with Crippen LogP contribution in [0.3, 0.4) is 0 Å². The topological polar surface area (TPSA) is 95.4 Å². The van der Waals surface area contributed by atoms with Crippen LogP contribution in [0.25, 0.3) is 10.9 Å². The average Bonchev–Trinajstić information content (AvgIpc) is 3.13. The van der Waals surface area contributed by atoms with Gasteiger partial charge in [0.2, 0.25) is 0 Å². The number of amides is 1. The molecule has 0 aliphatic heterocycles. The number of carbonyl (C=O) groups excluding carboxylic acids is 1. The van der Waals surface area contributed by atoms with Crippen LogP contribution in [0.15, 0.2) is 42.5 Å². The lowest BCUT2D eigenvalue weighted by Gasteiger charge is -2.24. The number of likely N-dealkylation sites (N-methyl/N-ethyl adjacent to an activating group) is 1. The number of aromatic nitrogens is 2. The van der Waals surface area contributed by atoms with Crippen molar-refractivity contribution in [2.45, 2.75) is 12.7 Å². The summed E-state index contributed by atoms with van der Waals surface area (Å²) in [5.74, 6) is -0.536. The normalized spacial score (nSPS) is 11.8. The molecule has 0 spiro atoms. The van der Waals surface area contributed by atoms with Crippen LogP contribution in [0.1, 0.15) is 21.6 Å². The van der Waals surface area contributed by atoms with E-state index in [2.05, 4.69) is 10.2 Å². The van der Waals surface area contributed by atoms with Crippen LogP contribution in [0, 0.1) is 10.1 Å². The highest BCUT2D eigenvalue weighted by atomic mass is 19.4. The lowest BCUT2D eigenvalue weighted by molar-refractivity contribution is -0.384. The van der Waals surface area contributed by atoms with Crippen molar-refractivity contribution in [2.24, 2.45) is 0 Å². The van der Waals surface area contributed by atoms with Crippen molar-refractivity contribution in [3.63, 3.8) is 0 Å². The van der Waals surface area contributed by atoms with E-state index in [9.17, 15) is 28.1 Å². The summed E-state index contributed by atoms with van der Waals surface area (Å²) >= 11 is 0. The molecule has 1 N–H and O–H groups in total. The van der Waals surface area contributed by atoms with Crippen molar-refractivity contribution >= 4 is 22.5 Å². The maximum Gasteiger partial charge on any atom is 0.416 e. The summed E-state index contributed by atoms with van der Waals surface area (Å²) in [6.07, 6.45) is -4.49. The maximum absolute atomic E-state index is 13.2. The number of aromatic amines is 1. The van der Waals surface area contributed by atoms with Crippen LogP contribution in [0.4, 0.5) is 18.9 Å². The highest BCUT2D eigenvalue weighted by Crippen LogP contribution is 2.30. The minimum atomic E-state index is -4.49. The smallest absolute Gasteiger partial charge is 0.332 e. The molecule has 3 rings (SSSR count). The molecule has 0 fully saturated rings. The summed E-state index contributed by atoms with van der Waals surface area (Å²) in [5.41, 5.74) is -0.260. The zero-order valence-electron chi connectivity index (χ0n) is 16.8. The standard InChI is InChI=1S/C20H20F3N5O3/c1-26(2)8-9-27(12-13-4-3-5-14(10-13)20(21,22)23)19(29)18-16-11-15(28(30)31)6-7-17(16)24-25-18/h3-7,10-11H,8-9,12H2,1-2H3,(H,24,25). The molecule has 0 aliphatic rings. The number of alkyl halides is 3. The van der Waals surface area contributed by atoms with E-state index in [0.29, 0.717) is 17.6 Å². The minimum Gasteiger partial charge on any atom is -0.332 e. The van der Waals surface area contributed by atoms with Crippen LogP contribution in [-0.2, 0) is 12.7 Å². The maximum atomic E-state index is 13.2. The Morgan fingerprint density at radius 2 is 1.90 bits per heavy atom. The number of H-pyrrole nitrogens is 1. The molecule has 0 bridgehead atoms. The number of fused-ring (bicyclic) bond motifs is 1. The molecule has 0 radical (unpaired) electrons. The van der Waals surface area contributed by atoms with Crippen LogP contribution in [0.5, 0.6) is 0 Å². The van der Waals surface area contributed by atoms with Gasteiger partial charge >= 0.3 is 6.18 Å². The Balaban J connectivity index is 1.95. The predicted molar refractivity (Wildman–Crippen MR) is 107 cm³/mol. The molecule has 3 aromatic rings. The highest BCUT2D eigenvalue weighted by Gasteiger charge is 2.31. The van der Waals surface area contributed by atoms with Gasteiger partial charge in [0.25, 0.3) is 11.6 Å². The first kappa shape index (κ1) is 22.2. The van der Waals surface area contributed by atoms with Gasteiger partial charge in [-0.05, 0) is 37.9 Å². The number of non-ortho nitro benzene ring substituents is 1. The molecular weight excluding hydrogens is 415 g/mol. The van der Waals surface area contributed by atoms with Gasteiger partial charge in [-0.3, -0.25) is 20.0 Å². The number of nitro benzene ring substituents is 1. The van der Waals surface area contributed by atoms with E-state index in [0.717, 1.165) is 12.1 Å².